The molecule has 1 aromatic rings. The molecule has 1 aromatic carbocycles. The topological polar surface area (TPSA) is 132 Å². The monoisotopic (exact) mass is 485 g/mol. The molecule has 2 aliphatic rings. The molecule has 8 nitrogen and oxygen atoms in total. The molecule has 0 radical (unpaired) electrons. The van der Waals surface area contributed by atoms with Crippen molar-refractivity contribution in [1.82, 2.24) is 5.32 Å². The molecule has 2 aliphatic carbocycles. The number of rotatable bonds is 9. The lowest BCUT2D eigenvalue weighted by Crippen LogP contribution is -2.64. The van der Waals surface area contributed by atoms with E-state index in [1.54, 1.807) is 12.1 Å². The van der Waals surface area contributed by atoms with Gasteiger partial charge in [-0.2, -0.15) is 0 Å². The van der Waals surface area contributed by atoms with Crippen molar-refractivity contribution in [1.29, 1.82) is 5.41 Å². The number of hydrogen-bond acceptors (Lipinski definition) is 6. The summed E-state index contributed by atoms with van der Waals surface area (Å²) in [6.45, 7) is 1.25. The van der Waals surface area contributed by atoms with Gasteiger partial charge in [0.25, 0.3) is 5.72 Å². The molecular weight excluding hydrogens is 446 g/mol. The van der Waals surface area contributed by atoms with E-state index >= 15 is 0 Å². The van der Waals surface area contributed by atoms with E-state index in [0.717, 1.165) is 56.9 Å². The number of nitrogen functional groups attached to an aromatic ring is 1. The van der Waals surface area contributed by atoms with Crippen LogP contribution < -0.4 is 11.1 Å². The number of hydrogen-bond donors (Lipinski definition) is 3. The Kier molecular flexibility index (Phi) is 9.29. The van der Waals surface area contributed by atoms with E-state index in [4.69, 9.17) is 20.6 Å². The van der Waals surface area contributed by atoms with E-state index in [9.17, 15) is 14.4 Å². The average molecular weight is 486 g/mol. The number of methoxy groups -OCH3 is 1. The normalized spacial score (nSPS) is 19.7. The van der Waals surface area contributed by atoms with Crippen LogP contribution in [0.1, 0.15) is 82.3 Å². The van der Waals surface area contributed by atoms with Crippen molar-refractivity contribution in [2.45, 2.75) is 83.3 Å². The van der Waals surface area contributed by atoms with Crippen LogP contribution in [0.3, 0.4) is 0 Å². The smallest absolute Gasteiger partial charge is 0.372 e. The van der Waals surface area contributed by atoms with Gasteiger partial charge in [0.1, 0.15) is 5.84 Å². The predicted molar refractivity (Wildman–Crippen MR) is 132 cm³/mol. The molecule has 3 rings (SSSR count). The first kappa shape index (κ1) is 26.7. The molecule has 0 spiro atoms. The Labute approximate surface area is 207 Å². The van der Waals surface area contributed by atoms with Crippen LogP contribution in [0.2, 0.25) is 0 Å². The van der Waals surface area contributed by atoms with Crippen LogP contribution in [0.25, 0.3) is 0 Å². The zero-order valence-corrected chi connectivity index (χ0v) is 20.9. The maximum atomic E-state index is 13.9. The van der Waals surface area contributed by atoms with Gasteiger partial charge >= 0.3 is 11.9 Å². The van der Waals surface area contributed by atoms with Gasteiger partial charge in [0.05, 0.1) is 7.11 Å². The third-order valence-electron chi connectivity index (χ3n) is 7.56. The Morgan fingerprint density at radius 3 is 2.11 bits per heavy atom. The molecule has 0 aromatic heterocycles. The maximum Gasteiger partial charge on any atom is 0.372 e. The van der Waals surface area contributed by atoms with Crippen molar-refractivity contribution in [3.8, 4) is 0 Å². The van der Waals surface area contributed by atoms with Crippen molar-refractivity contribution >= 4 is 23.7 Å². The molecule has 0 bridgehead atoms. The number of nitrogens with one attached hydrogen (secondary N) is 2. The quantitative estimate of drug-likeness (QED) is 0.211. The highest BCUT2D eigenvalue weighted by Gasteiger charge is 2.52. The predicted octanol–water partition coefficient (Wildman–Crippen LogP) is 3.84. The zero-order valence-electron chi connectivity index (χ0n) is 20.9. The first-order valence-corrected chi connectivity index (χ1v) is 12.8. The molecule has 0 aliphatic heterocycles. The molecule has 0 unspecified atom stereocenters. The fourth-order valence-corrected chi connectivity index (χ4v) is 5.72. The summed E-state index contributed by atoms with van der Waals surface area (Å²) in [4.78, 5) is 39.2. The highest BCUT2D eigenvalue weighted by Crippen LogP contribution is 2.37. The van der Waals surface area contributed by atoms with E-state index in [1.807, 2.05) is 12.1 Å². The molecule has 2 saturated carbocycles. The van der Waals surface area contributed by atoms with Gasteiger partial charge in [0.15, 0.2) is 0 Å². The summed E-state index contributed by atoms with van der Waals surface area (Å²) in [5.74, 6) is -2.22. The molecule has 2 fully saturated rings. The van der Waals surface area contributed by atoms with Crippen molar-refractivity contribution in [2.24, 2.45) is 23.5 Å². The molecule has 1 amide bonds. The first-order chi connectivity index (χ1) is 16.8. The van der Waals surface area contributed by atoms with Crippen molar-refractivity contribution < 1.29 is 23.9 Å². The number of amides is 1. The number of benzene rings is 1. The second-order valence-corrected chi connectivity index (χ2v) is 9.96. The van der Waals surface area contributed by atoms with Gasteiger partial charge in [-0.25, -0.2) is 4.79 Å². The minimum atomic E-state index is -1.82. The Morgan fingerprint density at radius 2 is 1.60 bits per heavy atom. The highest BCUT2D eigenvalue weighted by molar-refractivity contribution is 5.95. The Balaban J connectivity index is 1.92. The fraction of sp³-hybridized carbons (Fsp3) is 0.630. The molecule has 0 heterocycles. The summed E-state index contributed by atoms with van der Waals surface area (Å²) >= 11 is 0. The minimum Gasteiger partial charge on any atom is -0.465 e. The summed E-state index contributed by atoms with van der Waals surface area (Å²) in [6.07, 6.45) is 9.81. The van der Waals surface area contributed by atoms with Gasteiger partial charge in [-0.1, -0.05) is 62.8 Å². The maximum absolute atomic E-state index is 13.9. The number of nitrogens with two attached hydrogens (primary N) is 1. The summed E-state index contributed by atoms with van der Waals surface area (Å²) < 4.78 is 10.7. The van der Waals surface area contributed by atoms with E-state index in [2.05, 4.69) is 5.32 Å². The Morgan fingerprint density at radius 1 is 1.03 bits per heavy atom. The summed E-state index contributed by atoms with van der Waals surface area (Å²) in [5.41, 5.74) is 5.35. The largest absolute Gasteiger partial charge is 0.465 e. The highest BCUT2D eigenvalue weighted by atomic mass is 16.6. The van der Waals surface area contributed by atoms with Gasteiger partial charge in [0, 0.05) is 24.3 Å². The zero-order chi connectivity index (χ0) is 25.4. The number of esters is 2. The van der Waals surface area contributed by atoms with Crippen LogP contribution in [0, 0.1) is 23.2 Å². The van der Waals surface area contributed by atoms with Gasteiger partial charge in [-0.05, 0) is 43.6 Å². The summed E-state index contributed by atoms with van der Waals surface area (Å²) in [6, 6.07) is 7.35. The summed E-state index contributed by atoms with van der Waals surface area (Å²) in [5, 5.41) is 10.5. The average Bonchev–Trinajstić information content (AvgIpc) is 2.87. The van der Waals surface area contributed by atoms with Gasteiger partial charge < -0.3 is 20.5 Å². The SMILES string of the molecule is COC(=O)[C@@](NC(=O)[C@@H](Cc1ccc(C(=N)N)cc1)C1CCCCC1)(OC(C)=O)C1CCCCC1. The second-order valence-electron chi connectivity index (χ2n) is 9.96. The number of carbonyl (C=O) groups is 3. The van der Waals surface area contributed by atoms with Crippen molar-refractivity contribution in [2.75, 3.05) is 7.11 Å². The Bertz CT molecular complexity index is 904. The van der Waals surface area contributed by atoms with Crippen LogP contribution in [0.4, 0.5) is 0 Å². The Hall–Kier alpha value is -2.90. The number of carbonyl (C=O) groups excluding carboxylic acids is 3. The molecule has 0 saturated heterocycles. The third kappa shape index (κ3) is 6.61. The first-order valence-electron chi connectivity index (χ1n) is 12.8. The lowest BCUT2D eigenvalue weighted by atomic mass is 9.76. The lowest BCUT2D eigenvalue weighted by molar-refractivity contribution is -0.196. The third-order valence-corrected chi connectivity index (χ3v) is 7.56. The molecule has 2 atom stereocenters. The van der Waals surface area contributed by atoms with Crippen molar-refractivity contribution in [3.63, 3.8) is 0 Å². The van der Waals surface area contributed by atoms with Gasteiger partial charge in [-0.15, -0.1) is 0 Å². The molecule has 192 valence electrons. The van der Waals surface area contributed by atoms with Crippen LogP contribution in [0.15, 0.2) is 24.3 Å². The number of ether oxygens (including phenoxy) is 2. The van der Waals surface area contributed by atoms with Gasteiger partial charge in [0.2, 0.25) is 5.91 Å². The van der Waals surface area contributed by atoms with Crippen LogP contribution >= 0.6 is 0 Å². The van der Waals surface area contributed by atoms with Crippen LogP contribution in [0.5, 0.6) is 0 Å². The van der Waals surface area contributed by atoms with E-state index in [1.165, 1.54) is 14.0 Å². The van der Waals surface area contributed by atoms with Gasteiger partial charge in [-0.3, -0.25) is 15.0 Å². The van der Waals surface area contributed by atoms with E-state index in [-0.39, 0.29) is 29.5 Å². The van der Waals surface area contributed by atoms with Crippen molar-refractivity contribution in [3.05, 3.63) is 35.4 Å². The van der Waals surface area contributed by atoms with E-state index < -0.39 is 17.7 Å². The lowest BCUT2D eigenvalue weighted by Gasteiger charge is -2.41. The second kappa shape index (κ2) is 12.2. The fourth-order valence-electron chi connectivity index (χ4n) is 5.72. The van der Waals surface area contributed by atoms with Crippen LogP contribution in [-0.4, -0.2) is 36.5 Å². The minimum absolute atomic E-state index is 0.00477. The summed E-state index contributed by atoms with van der Waals surface area (Å²) in [7, 11) is 1.25. The molecule has 35 heavy (non-hydrogen) atoms. The number of amidine groups is 1. The standard InChI is InChI=1S/C27H39N3O5/c1-18(31)35-27(26(33)34-2,22-11-7-4-8-12-22)30-25(32)23(20-9-5-3-6-10-20)17-19-13-15-21(16-14-19)24(28)29/h13-16,20,22-23H,3-12,17H2,1-2H3,(H3,28,29)(H,30,32)/t23-,27-/m0/s1. The molecular formula is C27H39N3O5. The molecule has 4 N–H and O–H groups in total. The molecule has 8 heteroatoms. The van der Waals surface area contributed by atoms with Crippen LogP contribution in [-0.2, 0) is 30.3 Å². The van der Waals surface area contributed by atoms with E-state index in [0.29, 0.717) is 24.8 Å².